The molecule has 158 valence electrons. The van der Waals surface area contributed by atoms with Gasteiger partial charge in [0.2, 0.25) is 0 Å². The van der Waals surface area contributed by atoms with Gasteiger partial charge in [0, 0.05) is 0 Å². The highest BCUT2D eigenvalue weighted by Gasteiger charge is 2.06. The van der Waals surface area contributed by atoms with E-state index in [1.807, 2.05) is 19.1 Å². The first kappa shape index (κ1) is 20.7. The van der Waals surface area contributed by atoms with Gasteiger partial charge in [-0.2, -0.15) is 0 Å². The highest BCUT2D eigenvalue weighted by atomic mass is 14.1. The van der Waals surface area contributed by atoms with Gasteiger partial charge in [0.1, 0.15) is 0 Å². The molecule has 0 fully saturated rings. The molecule has 0 heterocycles. The molecule has 0 bridgehead atoms. The summed E-state index contributed by atoms with van der Waals surface area (Å²) >= 11 is 0. The zero-order chi connectivity index (χ0) is 22.6. The zero-order valence-corrected chi connectivity index (χ0v) is 18.8. The maximum absolute atomic E-state index is 4.19. The van der Waals surface area contributed by atoms with Gasteiger partial charge in [0.25, 0.3) is 0 Å². The molecule has 0 aliphatic carbocycles. The van der Waals surface area contributed by atoms with Crippen LogP contribution >= 0.6 is 0 Å². The molecule has 0 saturated heterocycles. The van der Waals surface area contributed by atoms with E-state index in [2.05, 4.69) is 122 Å². The van der Waals surface area contributed by atoms with E-state index in [4.69, 9.17) is 0 Å². The fourth-order valence-corrected chi connectivity index (χ4v) is 4.32. The summed E-state index contributed by atoms with van der Waals surface area (Å²) in [6.07, 6.45) is 4.08. The van der Waals surface area contributed by atoms with E-state index < -0.39 is 0 Å². The average molecular weight is 423 g/mol. The van der Waals surface area contributed by atoms with Crippen molar-refractivity contribution in [2.24, 2.45) is 0 Å². The Hall–Kier alpha value is -4.16. The molecular formula is C33H26. The summed E-state index contributed by atoms with van der Waals surface area (Å²) in [5.74, 6) is 0. The molecule has 0 aromatic heterocycles. The van der Waals surface area contributed by atoms with Gasteiger partial charge in [-0.05, 0) is 86.5 Å². The Morgan fingerprint density at radius 3 is 1.64 bits per heavy atom. The SMILES string of the molecule is C=C(/C=C\C)c1cccc(-c2cccc(-c3cccc(-c4ccc5ccccc5c4)c3)c2)c1. The third-order valence-electron chi connectivity index (χ3n) is 6.08. The second-order valence-electron chi connectivity index (χ2n) is 8.33. The number of benzene rings is 5. The van der Waals surface area contributed by atoms with Gasteiger partial charge in [-0.3, -0.25) is 0 Å². The molecule has 0 nitrogen and oxygen atoms in total. The summed E-state index contributed by atoms with van der Waals surface area (Å²) in [6, 6.07) is 41.4. The molecule has 5 aromatic rings. The summed E-state index contributed by atoms with van der Waals surface area (Å²) in [7, 11) is 0. The summed E-state index contributed by atoms with van der Waals surface area (Å²) in [4.78, 5) is 0. The predicted octanol–water partition coefficient (Wildman–Crippen LogP) is 9.43. The third kappa shape index (κ3) is 4.42. The van der Waals surface area contributed by atoms with E-state index >= 15 is 0 Å². The number of allylic oxidation sites excluding steroid dienone is 3. The summed E-state index contributed by atoms with van der Waals surface area (Å²) < 4.78 is 0. The Kier molecular flexibility index (Phi) is 5.74. The van der Waals surface area contributed by atoms with Gasteiger partial charge < -0.3 is 0 Å². The van der Waals surface area contributed by atoms with Crippen LogP contribution in [0.15, 0.2) is 134 Å². The lowest BCUT2D eigenvalue weighted by Gasteiger charge is -2.10. The lowest BCUT2D eigenvalue weighted by atomic mass is 9.94. The Balaban J connectivity index is 1.50. The minimum atomic E-state index is 1.03. The molecule has 0 amide bonds. The molecule has 0 saturated carbocycles. The topological polar surface area (TPSA) is 0 Å². The van der Waals surface area contributed by atoms with Crippen molar-refractivity contribution in [1.29, 1.82) is 0 Å². The van der Waals surface area contributed by atoms with Crippen LogP contribution in [-0.2, 0) is 0 Å². The van der Waals surface area contributed by atoms with Crippen LogP contribution in [0.1, 0.15) is 12.5 Å². The molecule has 33 heavy (non-hydrogen) atoms. The molecular weight excluding hydrogens is 396 g/mol. The van der Waals surface area contributed by atoms with Crippen LogP contribution in [0.4, 0.5) is 0 Å². The van der Waals surface area contributed by atoms with Crippen LogP contribution < -0.4 is 0 Å². The third-order valence-corrected chi connectivity index (χ3v) is 6.08. The normalized spacial score (nSPS) is 11.2. The van der Waals surface area contributed by atoms with Crippen molar-refractivity contribution in [2.75, 3.05) is 0 Å². The van der Waals surface area contributed by atoms with Crippen LogP contribution in [0.2, 0.25) is 0 Å². The minimum Gasteiger partial charge on any atom is -0.0912 e. The van der Waals surface area contributed by atoms with Crippen molar-refractivity contribution in [3.63, 3.8) is 0 Å². The van der Waals surface area contributed by atoms with E-state index in [1.54, 1.807) is 0 Å². The first-order valence-electron chi connectivity index (χ1n) is 11.3. The monoisotopic (exact) mass is 422 g/mol. The number of hydrogen-bond donors (Lipinski definition) is 0. The quantitative estimate of drug-likeness (QED) is 0.247. The molecule has 0 radical (unpaired) electrons. The van der Waals surface area contributed by atoms with Crippen molar-refractivity contribution in [3.8, 4) is 33.4 Å². The fraction of sp³-hybridized carbons (Fsp3) is 0.0303. The molecule has 0 aliphatic rings. The smallest absolute Gasteiger partial charge is 0.0177 e. The Bertz CT molecular complexity index is 1480. The van der Waals surface area contributed by atoms with Gasteiger partial charge in [-0.1, -0.05) is 110 Å². The first-order chi connectivity index (χ1) is 16.2. The molecule has 0 N–H and O–H groups in total. The van der Waals surface area contributed by atoms with E-state index in [1.165, 1.54) is 44.2 Å². The number of fused-ring (bicyclic) bond motifs is 1. The maximum Gasteiger partial charge on any atom is -0.0177 e. The first-order valence-corrected chi connectivity index (χ1v) is 11.3. The lowest BCUT2D eigenvalue weighted by molar-refractivity contribution is 1.56. The molecule has 0 unspecified atom stereocenters. The maximum atomic E-state index is 4.19. The molecule has 0 atom stereocenters. The molecule has 5 aromatic carbocycles. The Morgan fingerprint density at radius 1 is 0.515 bits per heavy atom. The van der Waals surface area contributed by atoms with Crippen molar-refractivity contribution < 1.29 is 0 Å². The van der Waals surface area contributed by atoms with Gasteiger partial charge >= 0.3 is 0 Å². The van der Waals surface area contributed by atoms with Crippen LogP contribution in [0.3, 0.4) is 0 Å². The Labute approximate surface area is 196 Å². The van der Waals surface area contributed by atoms with Crippen molar-refractivity contribution in [2.45, 2.75) is 6.92 Å². The van der Waals surface area contributed by atoms with E-state index in [0.29, 0.717) is 0 Å². The van der Waals surface area contributed by atoms with E-state index in [0.717, 1.165) is 11.1 Å². The second-order valence-corrected chi connectivity index (χ2v) is 8.33. The molecule has 0 heteroatoms. The van der Waals surface area contributed by atoms with Crippen molar-refractivity contribution in [3.05, 3.63) is 140 Å². The van der Waals surface area contributed by atoms with Crippen LogP contribution in [-0.4, -0.2) is 0 Å². The average Bonchev–Trinajstić information content (AvgIpc) is 2.89. The highest BCUT2D eigenvalue weighted by Crippen LogP contribution is 2.31. The Morgan fingerprint density at radius 2 is 1.03 bits per heavy atom. The van der Waals surface area contributed by atoms with Crippen molar-refractivity contribution >= 4 is 16.3 Å². The van der Waals surface area contributed by atoms with Crippen LogP contribution in [0.5, 0.6) is 0 Å². The minimum absolute atomic E-state index is 1.03. The van der Waals surface area contributed by atoms with E-state index in [9.17, 15) is 0 Å². The van der Waals surface area contributed by atoms with Gasteiger partial charge in [-0.25, -0.2) is 0 Å². The summed E-state index contributed by atoms with van der Waals surface area (Å²) in [5, 5.41) is 2.53. The lowest BCUT2D eigenvalue weighted by Crippen LogP contribution is -1.85. The zero-order valence-electron chi connectivity index (χ0n) is 18.8. The summed E-state index contributed by atoms with van der Waals surface area (Å²) in [5.41, 5.74) is 9.48. The fourth-order valence-electron chi connectivity index (χ4n) is 4.32. The predicted molar refractivity (Wildman–Crippen MR) is 144 cm³/mol. The second kappa shape index (κ2) is 9.14. The number of hydrogen-bond acceptors (Lipinski definition) is 0. The molecule has 5 rings (SSSR count). The van der Waals surface area contributed by atoms with Gasteiger partial charge in [-0.15, -0.1) is 0 Å². The van der Waals surface area contributed by atoms with Gasteiger partial charge in [0.15, 0.2) is 0 Å². The van der Waals surface area contributed by atoms with Gasteiger partial charge in [0.05, 0.1) is 0 Å². The van der Waals surface area contributed by atoms with Crippen LogP contribution in [0, 0.1) is 0 Å². The summed E-state index contributed by atoms with van der Waals surface area (Å²) in [6.45, 7) is 6.20. The standard InChI is InChI=1S/C33H26/c1-3-9-24(2)26-12-6-13-28(20-26)29-14-7-15-30(22-29)31-16-8-17-32(23-31)33-19-18-25-10-4-5-11-27(25)21-33/h3-23H,2H2,1H3/b9-3-. The highest BCUT2D eigenvalue weighted by molar-refractivity contribution is 5.88. The number of rotatable bonds is 5. The molecule has 0 aliphatic heterocycles. The molecule has 0 spiro atoms. The van der Waals surface area contributed by atoms with Crippen LogP contribution in [0.25, 0.3) is 49.7 Å². The largest absolute Gasteiger partial charge is 0.0912 e. The van der Waals surface area contributed by atoms with E-state index in [-0.39, 0.29) is 0 Å². The van der Waals surface area contributed by atoms with Crippen molar-refractivity contribution in [1.82, 2.24) is 0 Å².